The van der Waals surface area contributed by atoms with Crippen LogP contribution in [0.15, 0.2) is 24.3 Å². The molecule has 2 rings (SSSR count). The van der Waals surface area contributed by atoms with E-state index in [0.717, 1.165) is 12.8 Å². The normalized spacial score (nSPS) is 24.9. The second-order valence-electron chi connectivity index (χ2n) is 4.54. The van der Waals surface area contributed by atoms with Crippen molar-refractivity contribution in [3.8, 4) is 5.75 Å². The summed E-state index contributed by atoms with van der Waals surface area (Å²) in [6.07, 6.45) is -2.13. The third-order valence-electron chi connectivity index (χ3n) is 3.27. The van der Waals surface area contributed by atoms with E-state index in [9.17, 15) is 18.3 Å². The Morgan fingerprint density at radius 2 is 1.78 bits per heavy atom. The highest BCUT2D eigenvalue weighted by atomic mass is 19.4. The lowest BCUT2D eigenvalue weighted by Crippen LogP contribution is -2.25. The first kappa shape index (κ1) is 13.2. The fourth-order valence-electron chi connectivity index (χ4n) is 2.48. The molecule has 1 aromatic carbocycles. The van der Waals surface area contributed by atoms with E-state index in [1.165, 1.54) is 12.1 Å². The van der Waals surface area contributed by atoms with Gasteiger partial charge in [-0.05, 0) is 18.9 Å². The van der Waals surface area contributed by atoms with Gasteiger partial charge in [-0.2, -0.15) is 0 Å². The van der Waals surface area contributed by atoms with Crippen LogP contribution in [0.4, 0.5) is 13.2 Å². The van der Waals surface area contributed by atoms with Crippen LogP contribution >= 0.6 is 0 Å². The van der Waals surface area contributed by atoms with Gasteiger partial charge in [0.2, 0.25) is 0 Å². The topological polar surface area (TPSA) is 29.5 Å². The first-order valence-electron chi connectivity index (χ1n) is 6.00. The summed E-state index contributed by atoms with van der Waals surface area (Å²) in [6.45, 7) is 0. The summed E-state index contributed by atoms with van der Waals surface area (Å²) in [5.41, 5.74) is 0.446. The van der Waals surface area contributed by atoms with E-state index in [1.807, 2.05) is 0 Å². The zero-order valence-electron chi connectivity index (χ0n) is 9.78. The van der Waals surface area contributed by atoms with Crippen molar-refractivity contribution >= 4 is 0 Å². The summed E-state index contributed by atoms with van der Waals surface area (Å²) < 4.78 is 40.9. The number of ether oxygens (including phenoxy) is 1. The molecule has 0 radical (unpaired) electrons. The minimum atomic E-state index is -4.70. The van der Waals surface area contributed by atoms with E-state index in [4.69, 9.17) is 0 Å². The predicted molar refractivity (Wildman–Crippen MR) is 60.3 cm³/mol. The molecule has 0 unspecified atom stereocenters. The van der Waals surface area contributed by atoms with Crippen LogP contribution in [0, 0.1) is 0 Å². The molecule has 1 saturated carbocycles. The number of benzene rings is 1. The van der Waals surface area contributed by atoms with Crippen molar-refractivity contribution in [3.05, 3.63) is 29.8 Å². The fraction of sp³-hybridized carbons (Fsp3) is 0.538. The zero-order chi connectivity index (χ0) is 13.2. The molecular weight excluding hydrogens is 245 g/mol. The highest BCUT2D eigenvalue weighted by molar-refractivity contribution is 5.37. The van der Waals surface area contributed by atoms with Crippen LogP contribution in [0.2, 0.25) is 0 Å². The predicted octanol–water partition coefficient (Wildman–Crippen LogP) is 3.60. The summed E-state index contributed by atoms with van der Waals surface area (Å²) in [5, 5.41) is 9.91. The van der Waals surface area contributed by atoms with Gasteiger partial charge in [0.05, 0.1) is 6.10 Å². The lowest BCUT2D eigenvalue weighted by molar-refractivity contribution is -0.275. The molecule has 0 amide bonds. The second-order valence-corrected chi connectivity index (χ2v) is 4.54. The molecule has 1 N–H and O–H groups in total. The van der Waals surface area contributed by atoms with Crippen LogP contribution in [-0.4, -0.2) is 17.6 Å². The van der Waals surface area contributed by atoms with Gasteiger partial charge < -0.3 is 9.84 Å². The van der Waals surface area contributed by atoms with Crippen molar-refractivity contribution in [2.45, 2.75) is 44.1 Å². The van der Waals surface area contributed by atoms with Crippen LogP contribution in [0.5, 0.6) is 5.75 Å². The van der Waals surface area contributed by atoms with Crippen molar-refractivity contribution in [2.24, 2.45) is 0 Å². The molecule has 1 aliphatic rings. The largest absolute Gasteiger partial charge is 0.573 e. The number of hydrogen-bond acceptors (Lipinski definition) is 2. The molecule has 0 bridgehead atoms. The van der Waals surface area contributed by atoms with Crippen LogP contribution < -0.4 is 4.74 Å². The standard InChI is InChI=1S/C13H15F3O2/c14-13(15,16)18-12-8-4-2-6-10(12)9-5-1-3-7-11(9)17/h2,4,6,8-9,11,17H,1,3,5,7H2/t9-,11+/m0/s1. The van der Waals surface area contributed by atoms with Crippen molar-refractivity contribution < 1.29 is 23.0 Å². The Labute approximate surface area is 103 Å². The molecule has 100 valence electrons. The van der Waals surface area contributed by atoms with Gasteiger partial charge in [0.25, 0.3) is 0 Å². The quantitative estimate of drug-likeness (QED) is 0.880. The molecule has 2 atom stereocenters. The summed E-state index contributed by atoms with van der Waals surface area (Å²) in [7, 11) is 0. The Kier molecular flexibility index (Phi) is 3.80. The number of aliphatic hydroxyl groups is 1. The third-order valence-corrected chi connectivity index (χ3v) is 3.27. The van der Waals surface area contributed by atoms with Gasteiger partial charge in [0.1, 0.15) is 5.75 Å². The van der Waals surface area contributed by atoms with Gasteiger partial charge in [0.15, 0.2) is 0 Å². The summed E-state index contributed by atoms with van der Waals surface area (Å²) >= 11 is 0. The monoisotopic (exact) mass is 260 g/mol. The van der Waals surface area contributed by atoms with Crippen LogP contribution in [0.3, 0.4) is 0 Å². The minimum Gasteiger partial charge on any atom is -0.405 e. The molecule has 5 heteroatoms. The minimum absolute atomic E-state index is 0.198. The number of aliphatic hydroxyl groups excluding tert-OH is 1. The molecule has 0 spiro atoms. The van der Waals surface area contributed by atoms with Crippen molar-refractivity contribution in [2.75, 3.05) is 0 Å². The van der Waals surface area contributed by atoms with E-state index in [1.54, 1.807) is 12.1 Å². The first-order valence-corrected chi connectivity index (χ1v) is 6.00. The number of rotatable bonds is 2. The fourth-order valence-corrected chi connectivity index (χ4v) is 2.48. The lowest BCUT2D eigenvalue weighted by Gasteiger charge is -2.29. The molecule has 2 nitrogen and oxygen atoms in total. The molecule has 0 aliphatic heterocycles. The van der Waals surface area contributed by atoms with Gasteiger partial charge in [-0.25, -0.2) is 0 Å². The Bertz CT molecular complexity index is 403. The maximum Gasteiger partial charge on any atom is 0.573 e. The van der Waals surface area contributed by atoms with Crippen LogP contribution in [-0.2, 0) is 0 Å². The molecular formula is C13H15F3O2. The van der Waals surface area contributed by atoms with E-state index in [0.29, 0.717) is 18.4 Å². The summed E-state index contributed by atoms with van der Waals surface area (Å²) in [5.74, 6) is -0.465. The number of halogens is 3. The lowest BCUT2D eigenvalue weighted by atomic mass is 9.81. The Morgan fingerprint density at radius 1 is 1.11 bits per heavy atom. The maximum absolute atomic E-state index is 12.3. The molecule has 0 aromatic heterocycles. The molecule has 1 aromatic rings. The smallest absolute Gasteiger partial charge is 0.405 e. The summed E-state index contributed by atoms with van der Waals surface area (Å²) in [4.78, 5) is 0. The van der Waals surface area contributed by atoms with E-state index >= 15 is 0 Å². The molecule has 1 aliphatic carbocycles. The Morgan fingerprint density at radius 3 is 2.44 bits per heavy atom. The Balaban J connectivity index is 2.26. The van der Waals surface area contributed by atoms with Gasteiger partial charge >= 0.3 is 6.36 Å². The number of alkyl halides is 3. The molecule has 0 saturated heterocycles. The summed E-state index contributed by atoms with van der Waals surface area (Å²) in [6, 6.07) is 6.06. The number of hydrogen-bond donors (Lipinski definition) is 1. The van der Waals surface area contributed by atoms with Crippen molar-refractivity contribution in [1.82, 2.24) is 0 Å². The van der Waals surface area contributed by atoms with Gasteiger partial charge in [-0.3, -0.25) is 0 Å². The van der Waals surface area contributed by atoms with Gasteiger partial charge in [-0.15, -0.1) is 13.2 Å². The van der Waals surface area contributed by atoms with E-state index < -0.39 is 12.5 Å². The third kappa shape index (κ3) is 3.16. The van der Waals surface area contributed by atoms with Gasteiger partial charge in [-0.1, -0.05) is 31.0 Å². The first-order chi connectivity index (χ1) is 8.47. The molecule has 0 heterocycles. The molecule has 18 heavy (non-hydrogen) atoms. The van der Waals surface area contributed by atoms with E-state index in [-0.39, 0.29) is 11.7 Å². The van der Waals surface area contributed by atoms with Crippen molar-refractivity contribution in [3.63, 3.8) is 0 Å². The second kappa shape index (κ2) is 5.18. The van der Waals surface area contributed by atoms with Crippen LogP contribution in [0.25, 0.3) is 0 Å². The van der Waals surface area contributed by atoms with Crippen molar-refractivity contribution in [1.29, 1.82) is 0 Å². The highest BCUT2D eigenvalue weighted by Gasteiger charge is 2.34. The SMILES string of the molecule is O[C@@H]1CCCC[C@H]1c1ccccc1OC(F)(F)F. The number of para-hydroxylation sites is 1. The van der Waals surface area contributed by atoms with E-state index in [2.05, 4.69) is 4.74 Å². The Hall–Kier alpha value is -1.23. The molecule has 1 fully saturated rings. The average molecular weight is 260 g/mol. The average Bonchev–Trinajstić information content (AvgIpc) is 2.29. The highest BCUT2D eigenvalue weighted by Crippen LogP contribution is 2.39. The maximum atomic E-state index is 12.3. The van der Waals surface area contributed by atoms with Crippen LogP contribution in [0.1, 0.15) is 37.2 Å². The zero-order valence-corrected chi connectivity index (χ0v) is 9.78. The van der Waals surface area contributed by atoms with Gasteiger partial charge in [0, 0.05) is 11.5 Å².